The first kappa shape index (κ1) is 24.2. The Morgan fingerprint density at radius 2 is 1.94 bits per heavy atom. The Morgan fingerprint density at radius 1 is 1.22 bits per heavy atom. The van der Waals surface area contributed by atoms with Crippen LogP contribution >= 0.6 is 11.8 Å². The monoisotopic (exact) mass is 476 g/mol. The van der Waals surface area contributed by atoms with Crippen molar-refractivity contribution < 1.29 is 18.0 Å². The molecule has 10 heteroatoms. The van der Waals surface area contributed by atoms with Crippen LogP contribution in [0.3, 0.4) is 0 Å². The van der Waals surface area contributed by atoms with Crippen LogP contribution in [0.4, 0.5) is 5.69 Å². The number of hydrogen-bond acceptors (Lipinski definition) is 6. The van der Waals surface area contributed by atoms with Crippen molar-refractivity contribution in [2.45, 2.75) is 36.6 Å². The van der Waals surface area contributed by atoms with E-state index in [0.29, 0.717) is 41.5 Å². The SMILES string of the molecule is CSc1ncccc1C(=O)N1CCC(CNS(=O)(=O)c2ccc(NC(C)=O)cc2C)CC1. The van der Waals surface area contributed by atoms with Crippen molar-refractivity contribution in [3.05, 3.63) is 47.7 Å². The predicted octanol–water partition coefficient (Wildman–Crippen LogP) is 2.90. The fraction of sp³-hybridized carbons (Fsp3) is 0.409. The first-order chi connectivity index (χ1) is 15.2. The third-order valence-corrected chi connectivity index (χ3v) is 7.74. The van der Waals surface area contributed by atoms with Gasteiger partial charge in [-0.25, -0.2) is 18.1 Å². The zero-order chi connectivity index (χ0) is 23.3. The number of rotatable bonds is 7. The van der Waals surface area contributed by atoms with Gasteiger partial charge in [0.2, 0.25) is 15.9 Å². The molecule has 2 N–H and O–H groups in total. The van der Waals surface area contributed by atoms with Gasteiger partial charge in [-0.05, 0) is 67.8 Å². The number of sulfonamides is 1. The number of thioether (sulfide) groups is 1. The Labute approximate surface area is 193 Å². The molecular formula is C22H28N4O4S2. The first-order valence-electron chi connectivity index (χ1n) is 10.4. The number of carbonyl (C=O) groups is 2. The molecule has 1 aliphatic heterocycles. The number of anilines is 1. The van der Waals surface area contributed by atoms with E-state index in [0.717, 1.165) is 12.8 Å². The minimum atomic E-state index is -3.67. The van der Waals surface area contributed by atoms with Crippen molar-refractivity contribution in [1.82, 2.24) is 14.6 Å². The van der Waals surface area contributed by atoms with Gasteiger partial charge in [-0.2, -0.15) is 0 Å². The fourth-order valence-electron chi connectivity index (χ4n) is 3.76. The molecule has 8 nitrogen and oxygen atoms in total. The number of hydrogen-bond donors (Lipinski definition) is 2. The van der Waals surface area contributed by atoms with Crippen LogP contribution in [-0.2, 0) is 14.8 Å². The van der Waals surface area contributed by atoms with E-state index in [1.807, 2.05) is 11.2 Å². The molecule has 1 fully saturated rings. The molecule has 1 aliphatic rings. The number of likely N-dealkylation sites (tertiary alicyclic amines) is 1. The smallest absolute Gasteiger partial charge is 0.256 e. The van der Waals surface area contributed by atoms with Crippen LogP contribution in [0.5, 0.6) is 0 Å². The van der Waals surface area contributed by atoms with Gasteiger partial charge in [0.25, 0.3) is 5.91 Å². The lowest BCUT2D eigenvalue weighted by atomic mass is 9.97. The third kappa shape index (κ3) is 5.87. The van der Waals surface area contributed by atoms with Crippen molar-refractivity contribution in [2.75, 3.05) is 31.2 Å². The topological polar surface area (TPSA) is 108 Å². The number of aromatic nitrogens is 1. The maximum absolute atomic E-state index is 12.9. The molecule has 0 radical (unpaired) electrons. The average molecular weight is 477 g/mol. The zero-order valence-electron chi connectivity index (χ0n) is 18.4. The minimum Gasteiger partial charge on any atom is -0.339 e. The van der Waals surface area contributed by atoms with Gasteiger partial charge in [-0.15, -0.1) is 11.8 Å². The summed E-state index contributed by atoms with van der Waals surface area (Å²) >= 11 is 1.45. The number of benzene rings is 1. The summed E-state index contributed by atoms with van der Waals surface area (Å²) < 4.78 is 28.3. The van der Waals surface area contributed by atoms with Crippen molar-refractivity contribution >= 4 is 39.3 Å². The summed E-state index contributed by atoms with van der Waals surface area (Å²) in [7, 11) is -3.67. The first-order valence-corrected chi connectivity index (χ1v) is 13.1. The van der Waals surface area contributed by atoms with E-state index in [1.54, 1.807) is 37.4 Å². The third-order valence-electron chi connectivity index (χ3n) is 5.44. The molecule has 172 valence electrons. The van der Waals surface area contributed by atoms with E-state index in [2.05, 4.69) is 15.0 Å². The van der Waals surface area contributed by atoms with Crippen LogP contribution in [0.2, 0.25) is 0 Å². The van der Waals surface area contributed by atoms with Crippen molar-refractivity contribution in [3.8, 4) is 0 Å². The Balaban J connectivity index is 1.56. The molecule has 0 saturated carbocycles. The highest BCUT2D eigenvalue weighted by Crippen LogP contribution is 2.24. The standard InChI is InChI=1S/C22H28N4O4S2/c1-15-13-18(25-16(2)27)6-7-20(15)32(29,30)24-14-17-8-11-26(12-9-17)22(28)19-5-4-10-23-21(19)31-3/h4-7,10,13,17,24H,8-9,11-12,14H2,1-3H3,(H,25,27). The summed E-state index contributed by atoms with van der Waals surface area (Å²) in [6.45, 7) is 4.58. The summed E-state index contributed by atoms with van der Waals surface area (Å²) in [5.41, 5.74) is 1.73. The molecule has 0 bridgehead atoms. The molecular weight excluding hydrogens is 448 g/mol. The number of nitrogens with one attached hydrogen (secondary N) is 2. The Kier molecular flexibility index (Phi) is 7.91. The highest BCUT2D eigenvalue weighted by atomic mass is 32.2. The van der Waals surface area contributed by atoms with Gasteiger partial charge in [0.1, 0.15) is 5.03 Å². The lowest BCUT2D eigenvalue weighted by molar-refractivity contribution is -0.114. The number of carbonyl (C=O) groups excluding carboxylic acids is 2. The molecule has 3 rings (SSSR count). The zero-order valence-corrected chi connectivity index (χ0v) is 20.1. The Bertz CT molecular complexity index is 1100. The molecule has 2 aromatic rings. The van der Waals surface area contributed by atoms with Crippen LogP contribution in [0.15, 0.2) is 46.5 Å². The van der Waals surface area contributed by atoms with Gasteiger partial charge in [-0.3, -0.25) is 9.59 Å². The second-order valence-electron chi connectivity index (χ2n) is 7.81. The van der Waals surface area contributed by atoms with Gasteiger partial charge in [0.15, 0.2) is 0 Å². The summed E-state index contributed by atoms with van der Waals surface area (Å²) in [5.74, 6) is -0.0887. The number of aryl methyl sites for hydroxylation is 1. The Hall–Kier alpha value is -2.43. The summed E-state index contributed by atoms with van der Waals surface area (Å²) in [6, 6.07) is 8.28. The van der Waals surface area contributed by atoms with Gasteiger partial charge in [0, 0.05) is 38.4 Å². The van der Waals surface area contributed by atoms with Crippen LogP contribution in [0.1, 0.15) is 35.7 Å². The van der Waals surface area contributed by atoms with Gasteiger partial charge >= 0.3 is 0 Å². The lowest BCUT2D eigenvalue weighted by Gasteiger charge is -2.32. The summed E-state index contributed by atoms with van der Waals surface area (Å²) in [4.78, 5) is 30.3. The van der Waals surface area contributed by atoms with E-state index < -0.39 is 10.0 Å². The largest absolute Gasteiger partial charge is 0.339 e. The molecule has 2 heterocycles. The maximum atomic E-state index is 12.9. The fourth-order valence-corrected chi connectivity index (χ4v) is 5.65. The normalized spacial score (nSPS) is 14.9. The summed E-state index contributed by atoms with van der Waals surface area (Å²) in [6.07, 6.45) is 5.02. The van der Waals surface area contributed by atoms with Gasteiger partial charge in [-0.1, -0.05) is 0 Å². The predicted molar refractivity (Wildman–Crippen MR) is 125 cm³/mol. The maximum Gasteiger partial charge on any atom is 0.256 e. The highest BCUT2D eigenvalue weighted by Gasteiger charge is 2.27. The molecule has 1 aromatic carbocycles. The van der Waals surface area contributed by atoms with E-state index in [9.17, 15) is 18.0 Å². The van der Waals surface area contributed by atoms with Crippen LogP contribution < -0.4 is 10.0 Å². The number of pyridine rings is 1. The number of nitrogens with zero attached hydrogens (tertiary/aromatic N) is 2. The minimum absolute atomic E-state index is 0.0311. The summed E-state index contributed by atoms with van der Waals surface area (Å²) in [5, 5.41) is 3.36. The van der Waals surface area contributed by atoms with Gasteiger partial charge in [0.05, 0.1) is 10.5 Å². The van der Waals surface area contributed by atoms with E-state index in [1.165, 1.54) is 24.8 Å². The molecule has 0 aliphatic carbocycles. The van der Waals surface area contributed by atoms with Crippen molar-refractivity contribution in [1.29, 1.82) is 0 Å². The average Bonchev–Trinajstić information content (AvgIpc) is 2.77. The molecule has 32 heavy (non-hydrogen) atoms. The second-order valence-corrected chi connectivity index (χ2v) is 10.3. The number of piperidine rings is 1. The quantitative estimate of drug-likeness (QED) is 0.595. The van der Waals surface area contributed by atoms with Crippen LogP contribution in [-0.4, -0.2) is 56.0 Å². The molecule has 2 amide bonds. The van der Waals surface area contributed by atoms with E-state index in [-0.39, 0.29) is 22.6 Å². The molecule has 1 saturated heterocycles. The van der Waals surface area contributed by atoms with Crippen molar-refractivity contribution in [2.24, 2.45) is 5.92 Å². The van der Waals surface area contributed by atoms with Gasteiger partial charge < -0.3 is 10.2 Å². The molecule has 0 atom stereocenters. The van der Waals surface area contributed by atoms with Crippen LogP contribution in [0.25, 0.3) is 0 Å². The van der Waals surface area contributed by atoms with E-state index >= 15 is 0 Å². The molecule has 1 aromatic heterocycles. The molecule has 0 spiro atoms. The van der Waals surface area contributed by atoms with E-state index in [4.69, 9.17) is 0 Å². The highest BCUT2D eigenvalue weighted by molar-refractivity contribution is 7.98. The van der Waals surface area contributed by atoms with Crippen LogP contribution in [0, 0.1) is 12.8 Å². The Morgan fingerprint density at radius 3 is 2.56 bits per heavy atom. The lowest BCUT2D eigenvalue weighted by Crippen LogP contribution is -2.41. The molecule has 0 unspecified atom stereocenters. The second kappa shape index (κ2) is 10.5. The van der Waals surface area contributed by atoms with Crippen molar-refractivity contribution in [3.63, 3.8) is 0 Å². The number of amides is 2.